The van der Waals surface area contributed by atoms with Crippen LogP contribution in [-0.4, -0.2) is 50.5 Å². The molecule has 0 spiro atoms. The van der Waals surface area contributed by atoms with Gasteiger partial charge in [0.1, 0.15) is 11.0 Å². The second kappa shape index (κ2) is 8.22. The molecule has 0 saturated heterocycles. The van der Waals surface area contributed by atoms with Crippen LogP contribution in [0.25, 0.3) is 0 Å². The molecule has 0 unspecified atom stereocenters. The van der Waals surface area contributed by atoms with Crippen LogP contribution in [0.3, 0.4) is 0 Å². The van der Waals surface area contributed by atoms with Crippen molar-refractivity contribution >= 4 is 17.4 Å². The third-order valence-electron chi connectivity index (χ3n) is 2.26. The van der Waals surface area contributed by atoms with Crippen LogP contribution < -0.4 is 4.90 Å². The monoisotopic (exact) mass is 259 g/mol. The van der Waals surface area contributed by atoms with Crippen LogP contribution in [0.2, 0.25) is 5.15 Å². The van der Waals surface area contributed by atoms with E-state index in [0.29, 0.717) is 11.8 Å². The molecule has 17 heavy (non-hydrogen) atoms. The number of rotatable bonds is 8. The van der Waals surface area contributed by atoms with E-state index in [1.54, 1.807) is 20.4 Å². The Morgan fingerprint density at radius 3 is 2.59 bits per heavy atom. The van der Waals surface area contributed by atoms with Crippen LogP contribution in [0.15, 0.2) is 12.4 Å². The molecule has 96 valence electrons. The zero-order valence-corrected chi connectivity index (χ0v) is 11.0. The molecule has 0 fully saturated rings. The molecule has 0 aliphatic carbocycles. The summed E-state index contributed by atoms with van der Waals surface area (Å²) in [6, 6.07) is 0. The lowest BCUT2D eigenvalue weighted by Gasteiger charge is -2.22. The summed E-state index contributed by atoms with van der Waals surface area (Å²) in [6.07, 6.45) is 4.15. The molecule has 0 bridgehead atoms. The molecule has 1 rings (SSSR count). The maximum Gasteiger partial charge on any atom is 0.149 e. The summed E-state index contributed by atoms with van der Waals surface area (Å²) >= 11 is 5.83. The fourth-order valence-corrected chi connectivity index (χ4v) is 1.57. The molecular weight excluding hydrogens is 242 g/mol. The largest absolute Gasteiger partial charge is 0.385 e. The van der Waals surface area contributed by atoms with E-state index >= 15 is 0 Å². The van der Waals surface area contributed by atoms with Gasteiger partial charge in [-0.2, -0.15) is 0 Å². The third kappa shape index (κ3) is 5.30. The molecule has 0 saturated carbocycles. The van der Waals surface area contributed by atoms with Gasteiger partial charge >= 0.3 is 0 Å². The third-order valence-corrected chi connectivity index (χ3v) is 2.44. The Balaban J connectivity index is 2.60. The van der Waals surface area contributed by atoms with Crippen LogP contribution in [0.1, 0.15) is 6.42 Å². The predicted octanol–water partition coefficient (Wildman–Crippen LogP) is 1.62. The summed E-state index contributed by atoms with van der Waals surface area (Å²) in [5.74, 6) is 0.769. The number of aromatic nitrogens is 2. The van der Waals surface area contributed by atoms with Gasteiger partial charge < -0.3 is 14.4 Å². The van der Waals surface area contributed by atoms with Crippen molar-refractivity contribution in [2.45, 2.75) is 6.42 Å². The van der Waals surface area contributed by atoms with Crippen molar-refractivity contribution in [3.63, 3.8) is 0 Å². The lowest BCUT2D eigenvalue weighted by molar-refractivity contribution is 0.191. The number of methoxy groups -OCH3 is 2. The second-order valence-electron chi connectivity index (χ2n) is 3.53. The Kier molecular flexibility index (Phi) is 6.84. The minimum Gasteiger partial charge on any atom is -0.385 e. The quantitative estimate of drug-likeness (QED) is 0.664. The minimum atomic E-state index is 0.400. The number of nitrogens with zero attached hydrogens (tertiary/aromatic N) is 3. The van der Waals surface area contributed by atoms with Gasteiger partial charge in [-0.3, -0.25) is 4.98 Å². The highest BCUT2D eigenvalue weighted by Gasteiger charge is 2.08. The molecule has 6 heteroatoms. The summed E-state index contributed by atoms with van der Waals surface area (Å²) in [4.78, 5) is 10.4. The van der Waals surface area contributed by atoms with E-state index in [1.807, 2.05) is 0 Å². The molecule has 0 N–H and O–H groups in total. The van der Waals surface area contributed by atoms with Gasteiger partial charge in [0.2, 0.25) is 0 Å². The topological polar surface area (TPSA) is 47.5 Å². The summed E-state index contributed by atoms with van der Waals surface area (Å²) < 4.78 is 10.1. The Bertz CT molecular complexity index is 325. The molecule has 1 aromatic rings. The molecule has 0 atom stereocenters. The molecule has 1 aromatic heterocycles. The van der Waals surface area contributed by atoms with Gasteiger partial charge in [-0.1, -0.05) is 11.6 Å². The Morgan fingerprint density at radius 2 is 1.94 bits per heavy atom. The van der Waals surface area contributed by atoms with Crippen LogP contribution in [0, 0.1) is 0 Å². The SMILES string of the molecule is COCCCN(CCOC)c1cncc(Cl)n1. The molecular formula is C11H18ClN3O2. The standard InChI is InChI=1S/C11H18ClN3O2/c1-16-6-3-4-15(5-7-17-2)11-9-13-8-10(12)14-11/h8-9H,3-7H2,1-2H3. The zero-order valence-electron chi connectivity index (χ0n) is 10.2. The molecule has 0 aliphatic heterocycles. The van der Waals surface area contributed by atoms with Gasteiger partial charge in [0, 0.05) is 33.9 Å². The van der Waals surface area contributed by atoms with Crippen LogP contribution in [0.5, 0.6) is 0 Å². The molecule has 5 nitrogen and oxygen atoms in total. The number of halogens is 1. The van der Waals surface area contributed by atoms with Crippen molar-refractivity contribution in [1.82, 2.24) is 9.97 Å². The van der Waals surface area contributed by atoms with Crippen molar-refractivity contribution in [2.24, 2.45) is 0 Å². The first-order valence-electron chi connectivity index (χ1n) is 5.48. The first kappa shape index (κ1) is 14.2. The fraction of sp³-hybridized carbons (Fsp3) is 0.636. The first-order chi connectivity index (χ1) is 8.27. The van der Waals surface area contributed by atoms with Crippen LogP contribution in [-0.2, 0) is 9.47 Å². The summed E-state index contributed by atoms with van der Waals surface area (Å²) in [7, 11) is 3.37. The average molecular weight is 260 g/mol. The van der Waals surface area contributed by atoms with Crippen molar-refractivity contribution in [3.8, 4) is 0 Å². The number of hydrogen-bond acceptors (Lipinski definition) is 5. The first-order valence-corrected chi connectivity index (χ1v) is 5.86. The van der Waals surface area contributed by atoms with Gasteiger partial charge in [-0.15, -0.1) is 0 Å². The Labute approximate surface area is 107 Å². The summed E-state index contributed by atoms with van der Waals surface area (Å²) in [6.45, 7) is 2.96. The normalized spacial score (nSPS) is 10.5. The highest BCUT2D eigenvalue weighted by molar-refractivity contribution is 6.29. The average Bonchev–Trinajstić information content (AvgIpc) is 2.33. The lowest BCUT2D eigenvalue weighted by atomic mass is 10.4. The van der Waals surface area contributed by atoms with Gasteiger partial charge in [0.15, 0.2) is 0 Å². The molecule has 1 heterocycles. The van der Waals surface area contributed by atoms with Gasteiger partial charge in [-0.25, -0.2) is 4.98 Å². The predicted molar refractivity (Wildman–Crippen MR) is 67.6 cm³/mol. The molecule has 0 amide bonds. The van der Waals surface area contributed by atoms with Gasteiger partial charge in [-0.05, 0) is 6.42 Å². The lowest BCUT2D eigenvalue weighted by Crippen LogP contribution is -2.29. The zero-order chi connectivity index (χ0) is 12.5. The summed E-state index contributed by atoms with van der Waals surface area (Å²) in [5.41, 5.74) is 0. The Morgan fingerprint density at radius 1 is 1.18 bits per heavy atom. The number of anilines is 1. The highest BCUT2D eigenvalue weighted by atomic mass is 35.5. The van der Waals surface area contributed by atoms with Crippen molar-refractivity contribution in [1.29, 1.82) is 0 Å². The summed E-state index contributed by atoms with van der Waals surface area (Å²) in [5, 5.41) is 0.400. The van der Waals surface area contributed by atoms with E-state index in [-0.39, 0.29) is 0 Å². The van der Waals surface area contributed by atoms with E-state index in [4.69, 9.17) is 21.1 Å². The van der Waals surface area contributed by atoms with E-state index in [1.165, 1.54) is 6.20 Å². The maximum atomic E-state index is 5.83. The van der Waals surface area contributed by atoms with Gasteiger partial charge in [0.25, 0.3) is 0 Å². The second-order valence-corrected chi connectivity index (χ2v) is 3.91. The van der Waals surface area contributed by atoms with E-state index in [2.05, 4.69) is 14.9 Å². The van der Waals surface area contributed by atoms with E-state index in [9.17, 15) is 0 Å². The van der Waals surface area contributed by atoms with Crippen LogP contribution >= 0.6 is 11.6 Å². The number of ether oxygens (including phenoxy) is 2. The minimum absolute atomic E-state index is 0.400. The molecule has 0 aliphatic rings. The smallest absolute Gasteiger partial charge is 0.149 e. The van der Waals surface area contributed by atoms with Crippen LogP contribution in [0.4, 0.5) is 5.82 Å². The van der Waals surface area contributed by atoms with Crippen molar-refractivity contribution in [3.05, 3.63) is 17.5 Å². The fourth-order valence-electron chi connectivity index (χ4n) is 1.43. The van der Waals surface area contributed by atoms with Crippen molar-refractivity contribution < 1.29 is 9.47 Å². The molecule has 0 aromatic carbocycles. The highest BCUT2D eigenvalue weighted by Crippen LogP contribution is 2.12. The van der Waals surface area contributed by atoms with E-state index in [0.717, 1.165) is 31.9 Å². The van der Waals surface area contributed by atoms with Gasteiger partial charge in [0.05, 0.1) is 19.0 Å². The van der Waals surface area contributed by atoms with Crippen molar-refractivity contribution in [2.75, 3.05) is 45.4 Å². The maximum absolute atomic E-state index is 5.83. The Hall–Kier alpha value is -0.910. The molecule has 0 radical (unpaired) electrons. The number of hydrogen-bond donors (Lipinski definition) is 0. The van der Waals surface area contributed by atoms with E-state index < -0.39 is 0 Å².